The Morgan fingerprint density at radius 1 is 1.09 bits per heavy atom. The molecule has 0 saturated carbocycles. The summed E-state index contributed by atoms with van der Waals surface area (Å²) >= 11 is 0. The summed E-state index contributed by atoms with van der Waals surface area (Å²) in [6.45, 7) is 2.28. The molecule has 2 aromatic carbocycles. The van der Waals surface area contributed by atoms with Gasteiger partial charge in [-0.15, -0.1) is 0 Å². The van der Waals surface area contributed by atoms with E-state index in [1.165, 1.54) is 26.4 Å². The van der Waals surface area contributed by atoms with E-state index in [1.54, 1.807) is 47.4 Å². The van der Waals surface area contributed by atoms with Gasteiger partial charge in [-0.1, -0.05) is 6.07 Å². The molecular formula is C23H23N3O5S. The number of carbonyl (C=O) groups is 2. The maximum Gasteiger partial charge on any atom is 0.291 e. The summed E-state index contributed by atoms with van der Waals surface area (Å²) in [6.07, 6.45) is 1.98. The monoisotopic (exact) mass is 453 g/mol. The van der Waals surface area contributed by atoms with Crippen molar-refractivity contribution < 1.29 is 22.4 Å². The lowest BCUT2D eigenvalue weighted by atomic mass is 10.1. The van der Waals surface area contributed by atoms with Gasteiger partial charge in [-0.3, -0.25) is 9.59 Å². The highest BCUT2D eigenvalue weighted by Crippen LogP contribution is 2.32. The number of fused-ring (bicyclic) bond motifs is 1. The van der Waals surface area contributed by atoms with Gasteiger partial charge >= 0.3 is 0 Å². The van der Waals surface area contributed by atoms with Crippen molar-refractivity contribution in [1.29, 1.82) is 0 Å². The minimum atomic E-state index is -3.55. The Kier molecular flexibility index (Phi) is 5.62. The van der Waals surface area contributed by atoms with Gasteiger partial charge in [-0.05, 0) is 66.9 Å². The summed E-state index contributed by atoms with van der Waals surface area (Å²) in [6, 6.07) is 13.1. The van der Waals surface area contributed by atoms with Gasteiger partial charge in [0.15, 0.2) is 5.76 Å². The molecule has 0 saturated heterocycles. The summed E-state index contributed by atoms with van der Waals surface area (Å²) < 4.78 is 31.1. The van der Waals surface area contributed by atoms with E-state index in [-0.39, 0.29) is 16.6 Å². The molecule has 0 aliphatic carbocycles. The van der Waals surface area contributed by atoms with E-state index in [2.05, 4.69) is 5.32 Å². The molecule has 8 nitrogen and oxygen atoms in total. The number of carbonyl (C=O) groups excluding carboxylic acids is 2. The molecule has 1 aromatic heterocycles. The number of sulfonamides is 1. The molecule has 9 heteroatoms. The van der Waals surface area contributed by atoms with Crippen molar-refractivity contribution in [3.05, 3.63) is 77.2 Å². The number of amides is 2. The van der Waals surface area contributed by atoms with Gasteiger partial charge in [0.25, 0.3) is 11.8 Å². The summed E-state index contributed by atoms with van der Waals surface area (Å²) in [5, 5.41) is 2.78. The van der Waals surface area contributed by atoms with E-state index < -0.39 is 15.9 Å². The number of aryl methyl sites for hydroxylation is 1. The van der Waals surface area contributed by atoms with Crippen LogP contribution in [0.15, 0.2) is 64.1 Å². The number of nitrogens with one attached hydrogen (secondary N) is 1. The van der Waals surface area contributed by atoms with Gasteiger partial charge in [0.1, 0.15) is 0 Å². The average Bonchev–Trinajstić information content (AvgIpc) is 3.44. The lowest BCUT2D eigenvalue weighted by molar-refractivity contribution is 0.0982. The van der Waals surface area contributed by atoms with Crippen molar-refractivity contribution >= 4 is 33.2 Å². The minimum Gasteiger partial charge on any atom is -0.459 e. The van der Waals surface area contributed by atoms with E-state index in [0.717, 1.165) is 15.4 Å². The van der Waals surface area contributed by atoms with Crippen molar-refractivity contribution in [2.24, 2.45) is 0 Å². The van der Waals surface area contributed by atoms with E-state index in [1.807, 2.05) is 6.92 Å². The van der Waals surface area contributed by atoms with Crippen molar-refractivity contribution in [3.63, 3.8) is 0 Å². The summed E-state index contributed by atoms with van der Waals surface area (Å²) in [4.78, 5) is 27.4. The largest absolute Gasteiger partial charge is 0.459 e. The zero-order chi connectivity index (χ0) is 23.0. The predicted octanol–water partition coefficient (Wildman–Crippen LogP) is 3.29. The fourth-order valence-corrected chi connectivity index (χ4v) is 4.55. The molecule has 0 fully saturated rings. The number of hydrogen-bond donors (Lipinski definition) is 1. The molecule has 4 rings (SSSR count). The molecule has 1 N–H and O–H groups in total. The lowest BCUT2D eigenvalue weighted by Crippen LogP contribution is -2.29. The molecular weight excluding hydrogens is 430 g/mol. The number of nitrogens with zero attached hydrogens (tertiary/aromatic N) is 2. The van der Waals surface area contributed by atoms with Crippen molar-refractivity contribution in [1.82, 2.24) is 4.31 Å². The highest BCUT2D eigenvalue weighted by atomic mass is 32.2. The van der Waals surface area contributed by atoms with Crippen molar-refractivity contribution in [2.75, 3.05) is 30.9 Å². The van der Waals surface area contributed by atoms with Crippen LogP contribution in [0, 0.1) is 6.92 Å². The van der Waals surface area contributed by atoms with Crippen molar-refractivity contribution in [2.45, 2.75) is 18.2 Å². The van der Waals surface area contributed by atoms with Gasteiger partial charge < -0.3 is 14.6 Å². The second-order valence-corrected chi connectivity index (χ2v) is 9.90. The number of furan rings is 1. The molecule has 2 amide bonds. The van der Waals surface area contributed by atoms with Crippen LogP contribution in [0.1, 0.15) is 32.0 Å². The highest BCUT2D eigenvalue weighted by Gasteiger charge is 2.28. The Morgan fingerprint density at radius 2 is 1.88 bits per heavy atom. The molecule has 32 heavy (non-hydrogen) atoms. The molecule has 1 aliphatic rings. The molecule has 2 heterocycles. The molecule has 3 aromatic rings. The Morgan fingerprint density at radius 3 is 2.56 bits per heavy atom. The average molecular weight is 454 g/mol. The topological polar surface area (TPSA) is 99.9 Å². The molecule has 0 radical (unpaired) electrons. The Bertz CT molecular complexity index is 1300. The Labute approximate surface area is 186 Å². The lowest BCUT2D eigenvalue weighted by Gasteiger charge is -2.19. The van der Waals surface area contributed by atoms with Crippen LogP contribution in [0.5, 0.6) is 0 Å². The van der Waals surface area contributed by atoms with E-state index in [0.29, 0.717) is 29.9 Å². The minimum absolute atomic E-state index is 0.179. The van der Waals surface area contributed by atoms with Crippen LogP contribution in [0.2, 0.25) is 0 Å². The first-order valence-corrected chi connectivity index (χ1v) is 11.5. The smallest absolute Gasteiger partial charge is 0.291 e. The fourth-order valence-electron chi connectivity index (χ4n) is 3.60. The standard InChI is InChI=1S/C23H23N3O5S/c1-15-6-7-17(14-19(15)24-22(27)21-5-4-12-31-21)23(28)26-11-10-16-13-18(8-9-20(16)26)32(29,30)25(2)3/h4-9,12-14H,10-11H2,1-3H3,(H,24,27). The third-order valence-corrected chi connectivity index (χ3v) is 7.26. The fraction of sp³-hybridized carbons (Fsp3) is 0.217. The van der Waals surface area contributed by atoms with Crippen LogP contribution in [0.3, 0.4) is 0 Å². The van der Waals surface area contributed by atoms with E-state index >= 15 is 0 Å². The molecule has 0 unspecified atom stereocenters. The number of rotatable bonds is 5. The maximum atomic E-state index is 13.2. The molecule has 0 spiro atoms. The summed E-state index contributed by atoms with van der Waals surface area (Å²) in [5.41, 5.74) is 3.24. The quantitative estimate of drug-likeness (QED) is 0.639. The Hall–Kier alpha value is -3.43. The Balaban J connectivity index is 1.59. The van der Waals surface area contributed by atoms with Gasteiger partial charge in [-0.2, -0.15) is 0 Å². The first-order valence-electron chi connectivity index (χ1n) is 10.0. The normalized spacial score (nSPS) is 13.3. The van der Waals surface area contributed by atoms with Crippen LogP contribution in [-0.2, 0) is 16.4 Å². The number of benzene rings is 2. The second kappa shape index (κ2) is 8.25. The van der Waals surface area contributed by atoms with Gasteiger partial charge in [0.05, 0.1) is 11.2 Å². The third-order valence-electron chi connectivity index (χ3n) is 5.45. The van der Waals surface area contributed by atoms with Crippen LogP contribution in [0.4, 0.5) is 11.4 Å². The van der Waals surface area contributed by atoms with E-state index in [9.17, 15) is 18.0 Å². The van der Waals surface area contributed by atoms with E-state index in [4.69, 9.17) is 4.42 Å². The van der Waals surface area contributed by atoms with Gasteiger partial charge in [0, 0.05) is 37.6 Å². The van der Waals surface area contributed by atoms with Crippen molar-refractivity contribution in [3.8, 4) is 0 Å². The zero-order valence-electron chi connectivity index (χ0n) is 18.0. The van der Waals surface area contributed by atoms with Crippen LogP contribution >= 0.6 is 0 Å². The first-order chi connectivity index (χ1) is 15.2. The molecule has 0 atom stereocenters. The highest BCUT2D eigenvalue weighted by molar-refractivity contribution is 7.89. The first kappa shape index (κ1) is 21.8. The molecule has 0 bridgehead atoms. The van der Waals surface area contributed by atoms with Gasteiger partial charge in [-0.25, -0.2) is 12.7 Å². The van der Waals surface area contributed by atoms with Crippen LogP contribution in [-0.4, -0.2) is 45.2 Å². The summed E-state index contributed by atoms with van der Waals surface area (Å²) in [5.74, 6) is -0.442. The van der Waals surface area contributed by atoms with Crippen LogP contribution in [0.25, 0.3) is 0 Å². The second-order valence-electron chi connectivity index (χ2n) is 7.75. The summed E-state index contributed by atoms with van der Waals surface area (Å²) in [7, 11) is -0.579. The molecule has 166 valence electrons. The van der Waals surface area contributed by atoms with Gasteiger partial charge in [0.2, 0.25) is 10.0 Å². The maximum absolute atomic E-state index is 13.2. The number of anilines is 2. The third kappa shape index (κ3) is 3.92. The molecule has 1 aliphatic heterocycles. The zero-order valence-corrected chi connectivity index (χ0v) is 18.8. The number of hydrogen-bond acceptors (Lipinski definition) is 5. The predicted molar refractivity (Wildman–Crippen MR) is 121 cm³/mol. The van der Waals surface area contributed by atoms with Crippen LogP contribution < -0.4 is 10.2 Å². The SMILES string of the molecule is Cc1ccc(C(=O)N2CCc3cc(S(=O)(=O)N(C)C)ccc32)cc1NC(=O)c1ccco1.